The molecule has 2 heterocycles. The summed E-state index contributed by atoms with van der Waals surface area (Å²) in [4.78, 5) is 15.3. The fourth-order valence-corrected chi connectivity index (χ4v) is 2.33. The van der Waals surface area contributed by atoms with E-state index in [4.69, 9.17) is 5.11 Å². The molecule has 1 aliphatic rings. The molecule has 5 heteroatoms. The van der Waals surface area contributed by atoms with Crippen molar-refractivity contribution < 1.29 is 9.90 Å². The zero-order chi connectivity index (χ0) is 12.9. The van der Waals surface area contributed by atoms with Crippen LogP contribution in [0.15, 0.2) is 6.07 Å². The van der Waals surface area contributed by atoms with E-state index in [1.54, 1.807) is 4.52 Å². The molecule has 0 bridgehead atoms. The second-order valence-corrected chi connectivity index (χ2v) is 4.95. The second kappa shape index (κ2) is 3.80. The minimum absolute atomic E-state index is 0.000765. The van der Waals surface area contributed by atoms with E-state index in [0.29, 0.717) is 5.92 Å². The summed E-state index contributed by atoms with van der Waals surface area (Å²) in [7, 11) is 0. The molecule has 1 N–H and O–H groups in total. The Balaban J connectivity index is 2.16. The highest BCUT2D eigenvalue weighted by Crippen LogP contribution is 2.39. The summed E-state index contributed by atoms with van der Waals surface area (Å²) < 4.78 is 1.78. The quantitative estimate of drug-likeness (QED) is 0.896. The summed E-state index contributed by atoms with van der Waals surface area (Å²) in [5, 5.41) is 13.5. The zero-order valence-corrected chi connectivity index (χ0v) is 10.5. The third-order valence-electron chi connectivity index (χ3n) is 3.51. The molecule has 1 aliphatic carbocycles. The van der Waals surface area contributed by atoms with Crippen LogP contribution in [0.2, 0.25) is 0 Å². The van der Waals surface area contributed by atoms with Crippen molar-refractivity contribution in [2.24, 2.45) is 0 Å². The van der Waals surface area contributed by atoms with Crippen LogP contribution in [0.1, 0.15) is 41.4 Å². The lowest BCUT2D eigenvalue weighted by Gasteiger charge is -2.08. The van der Waals surface area contributed by atoms with Crippen LogP contribution in [0.3, 0.4) is 0 Å². The summed E-state index contributed by atoms with van der Waals surface area (Å²) in [6.45, 7) is 3.76. The minimum Gasteiger partial charge on any atom is -0.481 e. The van der Waals surface area contributed by atoms with Gasteiger partial charge in [-0.05, 0) is 26.7 Å². The van der Waals surface area contributed by atoms with Gasteiger partial charge in [-0.2, -0.15) is 5.10 Å². The SMILES string of the molecule is Cc1nc2cc(C3CC3)nn2c(C)c1CC(=O)O. The van der Waals surface area contributed by atoms with Crippen LogP contribution < -0.4 is 0 Å². The Bertz CT molecular complexity index is 641. The number of carbonyl (C=O) groups is 1. The van der Waals surface area contributed by atoms with Gasteiger partial charge in [-0.25, -0.2) is 9.50 Å². The van der Waals surface area contributed by atoms with Gasteiger partial charge in [-0.15, -0.1) is 0 Å². The van der Waals surface area contributed by atoms with Crippen LogP contribution in [-0.2, 0) is 11.2 Å². The van der Waals surface area contributed by atoms with E-state index in [0.717, 1.165) is 28.3 Å². The highest BCUT2D eigenvalue weighted by atomic mass is 16.4. The monoisotopic (exact) mass is 245 g/mol. The van der Waals surface area contributed by atoms with Crippen molar-refractivity contribution in [2.45, 2.75) is 39.0 Å². The predicted molar refractivity (Wildman–Crippen MR) is 65.8 cm³/mol. The van der Waals surface area contributed by atoms with Gasteiger partial charge in [0.1, 0.15) is 0 Å². The molecule has 0 amide bonds. The van der Waals surface area contributed by atoms with Crippen molar-refractivity contribution in [1.82, 2.24) is 14.6 Å². The maximum Gasteiger partial charge on any atom is 0.307 e. The summed E-state index contributed by atoms with van der Waals surface area (Å²) in [6, 6.07) is 2.02. The highest BCUT2D eigenvalue weighted by molar-refractivity contribution is 5.71. The molecule has 0 spiro atoms. The van der Waals surface area contributed by atoms with E-state index in [1.807, 2.05) is 19.9 Å². The molecular weight excluding hydrogens is 230 g/mol. The van der Waals surface area contributed by atoms with E-state index < -0.39 is 5.97 Å². The van der Waals surface area contributed by atoms with Crippen molar-refractivity contribution >= 4 is 11.6 Å². The molecule has 0 aromatic carbocycles. The first-order valence-corrected chi connectivity index (χ1v) is 6.14. The first-order chi connectivity index (χ1) is 8.56. The summed E-state index contributed by atoms with van der Waals surface area (Å²) >= 11 is 0. The van der Waals surface area contributed by atoms with E-state index in [1.165, 1.54) is 12.8 Å². The average Bonchev–Trinajstić information content (AvgIpc) is 3.06. The Morgan fingerprint density at radius 2 is 2.22 bits per heavy atom. The summed E-state index contributed by atoms with van der Waals surface area (Å²) in [5.74, 6) is -0.258. The number of aromatic nitrogens is 3. The van der Waals surface area contributed by atoms with Gasteiger partial charge in [-0.3, -0.25) is 4.79 Å². The number of carboxylic acids is 1. The fraction of sp³-hybridized carbons (Fsp3) is 0.462. The first kappa shape index (κ1) is 11.2. The van der Waals surface area contributed by atoms with Gasteiger partial charge in [-0.1, -0.05) is 0 Å². The molecule has 5 nitrogen and oxygen atoms in total. The summed E-state index contributed by atoms with van der Waals surface area (Å²) in [5.41, 5.74) is 4.33. The fourth-order valence-electron chi connectivity index (χ4n) is 2.33. The van der Waals surface area contributed by atoms with Crippen molar-refractivity contribution in [3.8, 4) is 0 Å². The molecule has 94 valence electrons. The van der Waals surface area contributed by atoms with Crippen molar-refractivity contribution in [2.75, 3.05) is 0 Å². The highest BCUT2D eigenvalue weighted by Gasteiger charge is 2.27. The zero-order valence-electron chi connectivity index (χ0n) is 10.5. The van der Waals surface area contributed by atoms with Crippen LogP contribution in [0, 0.1) is 13.8 Å². The molecular formula is C13H15N3O2. The van der Waals surface area contributed by atoms with Gasteiger partial charge in [0.05, 0.1) is 12.1 Å². The van der Waals surface area contributed by atoms with Gasteiger partial charge >= 0.3 is 5.97 Å². The molecule has 18 heavy (non-hydrogen) atoms. The Labute approximate surface area is 104 Å². The molecule has 2 aromatic rings. The van der Waals surface area contributed by atoms with Crippen LogP contribution in [-0.4, -0.2) is 25.7 Å². The minimum atomic E-state index is -0.836. The molecule has 1 fully saturated rings. The van der Waals surface area contributed by atoms with E-state index in [2.05, 4.69) is 10.1 Å². The Hall–Kier alpha value is -1.91. The number of hydrogen-bond donors (Lipinski definition) is 1. The van der Waals surface area contributed by atoms with Gasteiger partial charge in [0, 0.05) is 28.9 Å². The van der Waals surface area contributed by atoms with Crippen LogP contribution in [0.25, 0.3) is 5.65 Å². The van der Waals surface area contributed by atoms with Crippen molar-refractivity contribution in [3.63, 3.8) is 0 Å². The molecule has 0 radical (unpaired) electrons. The molecule has 3 rings (SSSR count). The topological polar surface area (TPSA) is 67.5 Å². The van der Waals surface area contributed by atoms with E-state index in [9.17, 15) is 4.79 Å². The number of hydrogen-bond acceptors (Lipinski definition) is 3. The van der Waals surface area contributed by atoms with E-state index in [-0.39, 0.29) is 6.42 Å². The lowest BCUT2D eigenvalue weighted by atomic mass is 10.1. The Morgan fingerprint density at radius 3 is 2.83 bits per heavy atom. The molecule has 0 aliphatic heterocycles. The average molecular weight is 245 g/mol. The first-order valence-electron chi connectivity index (χ1n) is 6.14. The van der Waals surface area contributed by atoms with Crippen LogP contribution in [0.5, 0.6) is 0 Å². The number of nitrogens with zero attached hydrogens (tertiary/aromatic N) is 3. The maximum absolute atomic E-state index is 10.9. The molecule has 0 unspecified atom stereocenters. The van der Waals surface area contributed by atoms with Crippen molar-refractivity contribution in [3.05, 3.63) is 28.7 Å². The van der Waals surface area contributed by atoms with Gasteiger partial charge in [0.15, 0.2) is 5.65 Å². The predicted octanol–water partition coefficient (Wildman–Crippen LogP) is 1.85. The number of aliphatic carboxylic acids is 1. The lowest BCUT2D eigenvalue weighted by molar-refractivity contribution is -0.136. The third-order valence-corrected chi connectivity index (χ3v) is 3.51. The molecule has 2 aromatic heterocycles. The number of fused-ring (bicyclic) bond motifs is 1. The molecule has 1 saturated carbocycles. The second-order valence-electron chi connectivity index (χ2n) is 4.95. The summed E-state index contributed by atoms with van der Waals surface area (Å²) in [6.07, 6.45) is 2.40. The molecule has 0 atom stereocenters. The van der Waals surface area contributed by atoms with Crippen LogP contribution >= 0.6 is 0 Å². The third kappa shape index (κ3) is 1.75. The Morgan fingerprint density at radius 1 is 1.50 bits per heavy atom. The smallest absolute Gasteiger partial charge is 0.307 e. The standard InChI is InChI=1S/C13H15N3O2/c1-7-10(5-13(17)18)8(2)16-12(14-7)6-11(15-16)9-3-4-9/h6,9H,3-5H2,1-2H3,(H,17,18). The number of aryl methyl sites for hydroxylation is 2. The normalized spacial score (nSPS) is 15.2. The Kier molecular flexibility index (Phi) is 2.36. The van der Waals surface area contributed by atoms with Gasteiger partial charge in [0.2, 0.25) is 0 Å². The lowest BCUT2D eigenvalue weighted by Crippen LogP contribution is -2.10. The van der Waals surface area contributed by atoms with Crippen molar-refractivity contribution in [1.29, 1.82) is 0 Å². The largest absolute Gasteiger partial charge is 0.481 e. The van der Waals surface area contributed by atoms with Gasteiger partial charge < -0.3 is 5.11 Å². The maximum atomic E-state index is 10.9. The number of carboxylic acid groups (broad SMARTS) is 1. The van der Waals surface area contributed by atoms with Gasteiger partial charge in [0.25, 0.3) is 0 Å². The number of rotatable bonds is 3. The van der Waals surface area contributed by atoms with E-state index >= 15 is 0 Å². The van der Waals surface area contributed by atoms with Crippen LogP contribution in [0.4, 0.5) is 0 Å². The molecule has 0 saturated heterocycles.